The van der Waals surface area contributed by atoms with E-state index in [1.165, 1.54) is 42.2 Å². The van der Waals surface area contributed by atoms with E-state index in [9.17, 15) is 29.4 Å². The highest BCUT2D eigenvalue weighted by Gasteiger charge is 2.31. The second kappa shape index (κ2) is 36.3. The zero-order valence-corrected chi connectivity index (χ0v) is 53.3. The molecule has 8 heterocycles. The summed E-state index contributed by atoms with van der Waals surface area (Å²) in [6, 6.07) is 15.6. The van der Waals surface area contributed by atoms with E-state index < -0.39 is 18.2 Å². The predicted molar refractivity (Wildman–Crippen MR) is 344 cm³/mol. The third-order valence-corrected chi connectivity index (χ3v) is 14.5. The number of β-amino-alcohol motifs (C(OH)–C–C–N with tert-alkyl or cyclic N) is 2. The molecule has 0 spiro atoms. The molecule has 2 atom stereocenters. The molecule has 488 valence electrons. The quantitative estimate of drug-likeness (QED) is 0.0491. The molecular formula is C61H90N14O12S2. The Morgan fingerprint density at radius 2 is 1.09 bits per heavy atom. The number of fused-ring (bicyclic) bond motifs is 2. The standard InChI is InChI=1S/C29H37N7O5.C16H21N3O3.C14H20N4O3.CH4O.CH4.2H2S/c1-18(2)28-33-26(9-27(34-28)32-22-13-36(14-22)19(3)37)29(39)31-10-23(38)15-35-7-6-20-8-24(5-4-21(20)12-35)40-16-25-11-30-17-41-25;17-6-14(20)9-19-4-3-12-5-15(2-1-13(12)8-19)21-10-16-7-18-11-22-16;1-8(2)13-16-11(14(20)21-4)5-12(17-13)15-10-6-18(7-10)9(3)19;1-2;;;/h4-5,8-9,11,17-18,22-23,38H,6-7,10,12-16H2,1-3H3,(H,31,39)(H,32,33,34);1-2,5,7,11,14,20H,3-4,6,8-10,17H2;5,8,10H,6-7H2,1-4H3,(H,15,16,17);2H,1H3;1H4;2*1H2/t23-;14-;;;;;/m00...../s1. The van der Waals surface area contributed by atoms with E-state index in [1.54, 1.807) is 48.2 Å². The Balaban J connectivity index is 0.000000300. The van der Waals surface area contributed by atoms with E-state index in [2.05, 4.69) is 79.9 Å². The lowest BCUT2D eigenvalue weighted by molar-refractivity contribution is -0.133. The van der Waals surface area contributed by atoms with Crippen molar-refractivity contribution in [3.8, 4) is 11.5 Å². The number of rotatable bonds is 21. The van der Waals surface area contributed by atoms with Crippen molar-refractivity contribution < 1.29 is 57.5 Å². The monoisotopic (exact) mass is 1270 g/mol. The first-order valence-electron chi connectivity index (χ1n) is 28.8. The topological polar surface area (TPSA) is 335 Å². The molecule has 3 amide bonds. The maximum atomic E-state index is 13.0. The van der Waals surface area contributed by atoms with Crippen LogP contribution in [0.3, 0.4) is 0 Å². The molecule has 8 N–H and O–H groups in total. The number of methoxy groups -OCH3 is 1. The molecule has 0 bridgehead atoms. The van der Waals surface area contributed by atoms with Crippen LogP contribution in [0.1, 0.15) is 127 Å². The van der Waals surface area contributed by atoms with Gasteiger partial charge in [-0.1, -0.05) is 47.3 Å². The largest absolute Gasteiger partial charge is 0.486 e. The van der Waals surface area contributed by atoms with Crippen LogP contribution in [0.25, 0.3) is 0 Å². The molecule has 2 aromatic carbocycles. The normalized spacial score (nSPS) is 15.0. The number of aliphatic hydroxyl groups is 3. The van der Waals surface area contributed by atoms with E-state index in [0.717, 1.165) is 51.1 Å². The second-order valence-electron chi connectivity index (χ2n) is 21.9. The number of oxazole rings is 2. The molecule has 28 heteroatoms. The molecule has 10 rings (SSSR count). The van der Waals surface area contributed by atoms with Gasteiger partial charge in [-0.05, 0) is 59.4 Å². The number of carbonyl (C=O) groups is 4. The van der Waals surface area contributed by atoms with Crippen LogP contribution in [0.15, 0.2) is 82.5 Å². The van der Waals surface area contributed by atoms with Gasteiger partial charge in [-0.2, -0.15) is 27.0 Å². The highest BCUT2D eigenvalue weighted by molar-refractivity contribution is 7.59. The third kappa shape index (κ3) is 22.2. The molecule has 6 aromatic rings. The van der Waals surface area contributed by atoms with Gasteiger partial charge < -0.3 is 69.8 Å². The van der Waals surface area contributed by atoms with Crippen LogP contribution in [0, 0.1) is 0 Å². The van der Waals surface area contributed by atoms with Crippen molar-refractivity contribution in [1.82, 2.24) is 54.8 Å². The number of nitrogens with zero attached hydrogens (tertiary/aromatic N) is 10. The molecule has 4 aliphatic heterocycles. The zero-order chi connectivity index (χ0) is 61.9. The van der Waals surface area contributed by atoms with Gasteiger partial charge in [0.2, 0.25) is 11.8 Å². The fourth-order valence-corrected chi connectivity index (χ4v) is 9.63. The minimum absolute atomic E-state index is 0. The lowest BCUT2D eigenvalue weighted by atomic mass is 9.99. The number of hydrogen-bond donors (Lipinski definition) is 7. The molecule has 4 aromatic heterocycles. The Morgan fingerprint density at radius 1 is 0.652 bits per heavy atom. The highest BCUT2D eigenvalue weighted by Crippen LogP contribution is 2.27. The van der Waals surface area contributed by atoms with Crippen LogP contribution < -0.4 is 31.2 Å². The third-order valence-electron chi connectivity index (χ3n) is 14.5. The van der Waals surface area contributed by atoms with Gasteiger partial charge in [0.1, 0.15) is 53.7 Å². The fourth-order valence-electron chi connectivity index (χ4n) is 9.63. The molecule has 26 nitrogen and oxygen atoms in total. The summed E-state index contributed by atoms with van der Waals surface area (Å²) < 4.78 is 26.6. The average Bonchev–Trinajstić information content (AvgIpc) is 1.85. The average molecular weight is 1280 g/mol. The number of benzene rings is 2. The molecule has 0 radical (unpaired) electrons. The zero-order valence-electron chi connectivity index (χ0n) is 51.3. The van der Waals surface area contributed by atoms with Crippen LogP contribution in [0.5, 0.6) is 11.5 Å². The summed E-state index contributed by atoms with van der Waals surface area (Å²) in [7, 11) is 2.32. The Bertz CT molecular complexity index is 3150. The van der Waals surface area contributed by atoms with Gasteiger partial charge in [0.25, 0.3) is 5.91 Å². The van der Waals surface area contributed by atoms with Crippen molar-refractivity contribution in [3.05, 3.63) is 131 Å². The van der Waals surface area contributed by atoms with Gasteiger partial charge in [0.05, 0.1) is 43.8 Å². The number of aliphatic hydroxyl groups excluding tert-OH is 3. The molecule has 0 unspecified atom stereocenters. The number of nitrogens with one attached hydrogen (secondary N) is 3. The molecule has 2 fully saturated rings. The van der Waals surface area contributed by atoms with Gasteiger partial charge in [-0.15, -0.1) is 0 Å². The molecule has 4 aliphatic rings. The highest BCUT2D eigenvalue weighted by atomic mass is 32.1. The van der Waals surface area contributed by atoms with Gasteiger partial charge >= 0.3 is 5.97 Å². The summed E-state index contributed by atoms with van der Waals surface area (Å²) in [6.45, 7) is 18.9. The van der Waals surface area contributed by atoms with Crippen LogP contribution in [-0.2, 0) is 53.5 Å². The predicted octanol–water partition coefficient (Wildman–Crippen LogP) is 4.39. The summed E-state index contributed by atoms with van der Waals surface area (Å²) in [5.41, 5.74) is 11.0. The summed E-state index contributed by atoms with van der Waals surface area (Å²) >= 11 is 0. The number of ether oxygens (including phenoxy) is 3. The van der Waals surface area contributed by atoms with Gasteiger partial charge in [0, 0.05) is 123 Å². The number of likely N-dealkylation sites (tertiary alicyclic amines) is 2. The maximum Gasteiger partial charge on any atom is 0.356 e. The summed E-state index contributed by atoms with van der Waals surface area (Å²) in [5, 5.41) is 36.7. The Labute approximate surface area is 534 Å². The molecular weight excluding hydrogens is 1180 g/mol. The maximum absolute atomic E-state index is 13.0. The number of aromatic nitrogens is 6. The van der Waals surface area contributed by atoms with E-state index in [4.69, 9.17) is 33.9 Å². The smallest absolute Gasteiger partial charge is 0.356 e. The first-order valence-corrected chi connectivity index (χ1v) is 28.8. The van der Waals surface area contributed by atoms with E-state index in [-0.39, 0.29) is 94.0 Å². The molecule has 89 heavy (non-hydrogen) atoms. The first kappa shape index (κ1) is 74.0. The van der Waals surface area contributed by atoms with E-state index in [0.29, 0.717) is 100 Å². The van der Waals surface area contributed by atoms with Crippen molar-refractivity contribution in [3.63, 3.8) is 0 Å². The van der Waals surface area contributed by atoms with Gasteiger partial charge in [-0.25, -0.2) is 34.7 Å². The van der Waals surface area contributed by atoms with Crippen molar-refractivity contribution in [2.45, 2.75) is 124 Å². The van der Waals surface area contributed by atoms with Crippen molar-refractivity contribution in [1.29, 1.82) is 0 Å². The minimum Gasteiger partial charge on any atom is -0.486 e. The van der Waals surface area contributed by atoms with E-state index in [1.807, 2.05) is 39.8 Å². The molecule has 0 aliphatic carbocycles. The summed E-state index contributed by atoms with van der Waals surface area (Å²) in [6.07, 6.45) is 6.67. The van der Waals surface area contributed by atoms with Gasteiger partial charge in [-0.3, -0.25) is 24.2 Å². The summed E-state index contributed by atoms with van der Waals surface area (Å²) in [5.74, 6) is 4.67. The van der Waals surface area contributed by atoms with Crippen molar-refractivity contribution in [2.24, 2.45) is 5.73 Å². The Hall–Kier alpha value is -7.44. The number of amides is 3. The lowest BCUT2D eigenvalue weighted by Gasteiger charge is -2.39. The fraction of sp³-hybridized carbons (Fsp3) is 0.508. The molecule has 2 saturated heterocycles. The Kier molecular flexibility index (Phi) is 30.2. The van der Waals surface area contributed by atoms with Crippen LogP contribution in [0.2, 0.25) is 0 Å². The van der Waals surface area contributed by atoms with Crippen molar-refractivity contribution in [2.75, 3.05) is 90.3 Å². The summed E-state index contributed by atoms with van der Waals surface area (Å²) in [4.78, 5) is 80.5. The number of nitrogens with two attached hydrogens (primary N) is 1. The van der Waals surface area contributed by atoms with Crippen LogP contribution >= 0.6 is 27.0 Å². The van der Waals surface area contributed by atoms with Crippen molar-refractivity contribution >= 4 is 62.3 Å². The van der Waals surface area contributed by atoms with E-state index >= 15 is 0 Å². The van der Waals surface area contributed by atoms with Crippen LogP contribution in [0.4, 0.5) is 11.6 Å². The second-order valence-corrected chi connectivity index (χ2v) is 21.9. The Morgan fingerprint density at radius 3 is 1.49 bits per heavy atom. The minimum atomic E-state index is -0.735. The lowest BCUT2D eigenvalue weighted by Crippen LogP contribution is -2.56. The van der Waals surface area contributed by atoms with Gasteiger partial charge in [0.15, 0.2) is 30.0 Å². The first-order chi connectivity index (χ1) is 41.4. The molecule has 0 saturated carbocycles. The number of anilines is 2. The van der Waals surface area contributed by atoms with Crippen LogP contribution in [-0.4, -0.2) is 192 Å². The number of carbonyl (C=O) groups excluding carboxylic acids is 4. The number of esters is 1. The SMILES string of the molecule is C.CC(=O)N1CC(Nc2cc(C(=O)NC[C@H](O)CN3CCc4cc(OCc5cnco5)ccc4C3)nc(C(C)C)n2)C1.CO.COC(=O)c1cc(NC2CN(C(C)=O)C2)nc(C(C)C)n1.NC[C@H](O)CN1CCc2cc(OCc3cnco3)ccc2C1.S.S. The number of hydrogen-bond acceptors (Lipinski definition) is 23.